The summed E-state index contributed by atoms with van der Waals surface area (Å²) in [6.07, 6.45) is 0. The second kappa shape index (κ2) is 9.31. The van der Waals surface area contributed by atoms with Gasteiger partial charge in [-0.05, 0) is 36.4 Å². The third-order valence-electron chi connectivity index (χ3n) is 2.93. The number of para-hydroxylation sites is 3. The molecule has 0 saturated carbocycles. The smallest absolute Gasteiger partial charge is 0.490 e. The van der Waals surface area contributed by atoms with Gasteiger partial charge in [0.25, 0.3) is 0 Å². The molecule has 0 radical (unpaired) electrons. The minimum atomic E-state index is -0.868. The van der Waals surface area contributed by atoms with Gasteiger partial charge in [-0.15, -0.1) is 0 Å². The fourth-order valence-electron chi connectivity index (χ4n) is 1.90. The van der Waals surface area contributed by atoms with E-state index in [1.807, 2.05) is 91.0 Å². The van der Waals surface area contributed by atoms with E-state index in [2.05, 4.69) is 0 Å². The topological polar surface area (TPSA) is 27.7 Å². The Morgan fingerprint density at radius 3 is 0.957 bits per heavy atom. The Balaban J connectivity index is 0.00000192. The van der Waals surface area contributed by atoms with Crippen molar-refractivity contribution in [2.75, 3.05) is 0 Å². The molecule has 0 aromatic heterocycles. The van der Waals surface area contributed by atoms with Gasteiger partial charge < -0.3 is 14.0 Å². The first-order valence-corrected chi connectivity index (χ1v) is 7.05. The van der Waals surface area contributed by atoms with Crippen LogP contribution in [0.1, 0.15) is 0 Å². The number of hydrogen-bond donors (Lipinski definition) is 0. The van der Waals surface area contributed by atoms with Crippen LogP contribution >= 0.6 is 0 Å². The van der Waals surface area contributed by atoms with E-state index < -0.39 is 7.32 Å². The molecule has 0 bridgehead atoms. The summed E-state index contributed by atoms with van der Waals surface area (Å²) < 4.78 is 17.3. The molecule has 0 saturated heterocycles. The summed E-state index contributed by atoms with van der Waals surface area (Å²) in [5.41, 5.74) is 0. The van der Waals surface area contributed by atoms with Crippen LogP contribution in [0.25, 0.3) is 0 Å². The third-order valence-corrected chi connectivity index (χ3v) is 2.93. The molecular weight excluding hydrogens is 298 g/mol. The molecule has 0 aliphatic rings. The maximum Gasteiger partial charge on any atom is 0.864 e. The van der Waals surface area contributed by atoms with Crippen molar-refractivity contribution in [3.8, 4) is 17.2 Å². The second-order valence-electron chi connectivity index (χ2n) is 4.58. The maximum absolute atomic E-state index is 5.78. The van der Waals surface area contributed by atoms with Crippen molar-refractivity contribution in [1.29, 1.82) is 0 Å². The van der Waals surface area contributed by atoms with Crippen molar-refractivity contribution in [3.05, 3.63) is 91.0 Å². The zero-order valence-corrected chi connectivity index (χ0v) is 12.0. The summed E-state index contributed by atoms with van der Waals surface area (Å²) in [7, 11) is -0.868. The third kappa shape index (κ3) is 5.68. The fraction of sp³-hybridized carbons (Fsp3) is 0. The van der Waals surface area contributed by atoms with E-state index in [-0.39, 0.29) is 29.6 Å². The summed E-state index contributed by atoms with van der Waals surface area (Å²) in [5, 5.41) is 0. The van der Waals surface area contributed by atoms with E-state index in [1.54, 1.807) is 0 Å². The van der Waals surface area contributed by atoms with Gasteiger partial charge in [-0.25, -0.2) is 0 Å². The summed E-state index contributed by atoms with van der Waals surface area (Å²) in [5.74, 6) is 2.04. The first-order valence-electron chi connectivity index (χ1n) is 7.05. The predicted octanol–water partition coefficient (Wildman–Crippen LogP) is 3.56. The number of benzene rings is 3. The van der Waals surface area contributed by atoms with Crippen LogP contribution in [0, 0.1) is 0 Å². The second-order valence-corrected chi connectivity index (χ2v) is 4.58. The largest absolute Gasteiger partial charge is 0.864 e. The Morgan fingerprint density at radius 2 is 0.696 bits per heavy atom. The molecule has 0 spiro atoms. The van der Waals surface area contributed by atoms with Crippen LogP contribution in [0.5, 0.6) is 17.2 Å². The molecule has 0 heterocycles. The SMILES string of the molecule is [NaH].c1ccc(OB(Oc2ccccc2)Oc2ccccc2)cc1. The standard InChI is InChI=1S/C18H15BO3.Na.H/c1-4-10-16(11-5-1)20-19(21-17-12-6-2-7-13-17)22-18-14-8-3-9-15-18;;/h1-15H;;. The van der Waals surface area contributed by atoms with Gasteiger partial charge in [0.15, 0.2) is 0 Å². The first-order chi connectivity index (χ1) is 10.9. The van der Waals surface area contributed by atoms with Crippen molar-refractivity contribution in [2.24, 2.45) is 0 Å². The van der Waals surface area contributed by atoms with Crippen LogP contribution in [-0.2, 0) is 0 Å². The van der Waals surface area contributed by atoms with Gasteiger partial charge in [0.1, 0.15) is 17.2 Å². The van der Waals surface area contributed by atoms with Gasteiger partial charge in [-0.2, -0.15) is 0 Å². The maximum atomic E-state index is 5.78. The zero-order chi connectivity index (χ0) is 15.0. The van der Waals surface area contributed by atoms with E-state index in [0.717, 1.165) is 0 Å². The van der Waals surface area contributed by atoms with E-state index in [0.29, 0.717) is 17.2 Å². The Labute approximate surface area is 158 Å². The summed E-state index contributed by atoms with van der Waals surface area (Å²) in [6.45, 7) is 0. The van der Waals surface area contributed by atoms with Crippen molar-refractivity contribution >= 4 is 36.9 Å². The molecule has 0 aliphatic carbocycles. The normalized spacial score (nSPS) is 9.39. The summed E-state index contributed by atoms with van der Waals surface area (Å²) >= 11 is 0. The van der Waals surface area contributed by atoms with Gasteiger partial charge in [0, 0.05) is 0 Å². The van der Waals surface area contributed by atoms with E-state index in [4.69, 9.17) is 14.0 Å². The molecule has 3 aromatic rings. The number of rotatable bonds is 6. The Kier molecular flexibility index (Phi) is 7.07. The van der Waals surface area contributed by atoms with Gasteiger partial charge in [-0.1, -0.05) is 54.6 Å². The van der Waals surface area contributed by atoms with Crippen LogP contribution in [0.3, 0.4) is 0 Å². The molecule has 3 aromatic carbocycles. The van der Waals surface area contributed by atoms with Crippen LogP contribution in [-0.4, -0.2) is 36.9 Å². The average molecular weight is 314 g/mol. The summed E-state index contributed by atoms with van der Waals surface area (Å²) in [6, 6.07) is 28.3. The van der Waals surface area contributed by atoms with Gasteiger partial charge in [0.05, 0.1) is 0 Å². The molecule has 3 nitrogen and oxygen atoms in total. The van der Waals surface area contributed by atoms with Crippen LogP contribution in [0.2, 0.25) is 0 Å². The van der Waals surface area contributed by atoms with Crippen LogP contribution in [0.15, 0.2) is 91.0 Å². The zero-order valence-electron chi connectivity index (χ0n) is 12.0. The summed E-state index contributed by atoms with van der Waals surface area (Å²) in [4.78, 5) is 0. The molecular formula is C18H16BNaO3. The Bertz CT molecular complexity index is 582. The van der Waals surface area contributed by atoms with Crippen molar-refractivity contribution in [3.63, 3.8) is 0 Å². The average Bonchev–Trinajstić information content (AvgIpc) is 2.57. The molecule has 0 atom stereocenters. The van der Waals surface area contributed by atoms with Gasteiger partial charge in [-0.3, -0.25) is 0 Å². The van der Waals surface area contributed by atoms with Gasteiger partial charge in [0.2, 0.25) is 0 Å². The number of hydrogen-bond acceptors (Lipinski definition) is 3. The van der Waals surface area contributed by atoms with Crippen molar-refractivity contribution in [2.45, 2.75) is 0 Å². The molecule has 5 heteroatoms. The minimum absolute atomic E-state index is 0. The monoisotopic (exact) mass is 314 g/mol. The molecule has 0 amide bonds. The molecule has 0 N–H and O–H groups in total. The van der Waals surface area contributed by atoms with Crippen LogP contribution < -0.4 is 14.0 Å². The quantitative estimate of drug-likeness (QED) is 0.651. The molecule has 0 aliphatic heterocycles. The Morgan fingerprint density at radius 1 is 0.435 bits per heavy atom. The van der Waals surface area contributed by atoms with E-state index in [9.17, 15) is 0 Å². The van der Waals surface area contributed by atoms with Gasteiger partial charge >= 0.3 is 36.9 Å². The molecule has 0 fully saturated rings. The van der Waals surface area contributed by atoms with Crippen molar-refractivity contribution in [1.82, 2.24) is 0 Å². The Hall–Kier alpha value is -1.88. The fourth-order valence-corrected chi connectivity index (χ4v) is 1.90. The first kappa shape index (κ1) is 17.5. The molecule has 0 unspecified atom stereocenters. The van der Waals surface area contributed by atoms with Crippen LogP contribution in [0.4, 0.5) is 0 Å². The van der Waals surface area contributed by atoms with E-state index >= 15 is 0 Å². The predicted molar refractivity (Wildman–Crippen MR) is 94.1 cm³/mol. The molecule has 110 valence electrons. The minimum Gasteiger partial charge on any atom is -0.490 e. The van der Waals surface area contributed by atoms with E-state index in [1.165, 1.54) is 0 Å². The molecule has 23 heavy (non-hydrogen) atoms. The van der Waals surface area contributed by atoms with Crippen molar-refractivity contribution < 1.29 is 14.0 Å². The molecule has 3 rings (SSSR count).